The minimum absolute atomic E-state index is 0.0406. The Morgan fingerprint density at radius 3 is 2.35 bits per heavy atom. The van der Waals surface area contributed by atoms with E-state index in [0.29, 0.717) is 13.1 Å². The van der Waals surface area contributed by atoms with Gasteiger partial charge in [0.15, 0.2) is 0 Å². The molecule has 1 aliphatic heterocycles. The van der Waals surface area contributed by atoms with Crippen molar-refractivity contribution in [2.24, 2.45) is 5.92 Å². The van der Waals surface area contributed by atoms with E-state index in [4.69, 9.17) is 0 Å². The van der Waals surface area contributed by atoms with Crippen molar-refractivity contribution in [2.45, 2.75) is 23.8 Å². The van der Waals surface area contributed by atoms with Gasteiger partial charge >= 0.3 is 6.03 Å². The van der Waals surface area contributed by atoms with Gasteiger partial charge in [0.05, 0.1) is 10.9 Å². The Bertz CT molecular complexity index is 623. The minimum Gasteiger partial charge on any atom is -0.350 e. The Kier molecular flexibility index (Phi) is 4.43. The van der Waals surface area contributed by atoms with Crippen LogP contribution in [0.4, 0.5) is 19.3 Å². The molecule has 5 nitrogen and oxygen atoms in total. The van der Waals surface area contributed by atoms with E-state index >= 15 is 0 Å². The van der Waals surface area contributed by atoms with Gasteiger partial charge in [0.2, 0.25) is 5.91 Å². The summed E-state index contributed by atoms with van der Waals surface area (Å²) in [5.41, 5.74) is 0.0771. The van der Waals surface area contributed by atoms with Crippen LogP contribution in [-0.2, 0) is 4.79 Å². The number of likely N-dealkylation sites (tertiary alicyclic amines) is 1. The monoisotopic (exact) mass is 341 g/mol. The second kappa shape index (κ2) is 6.35. The van der Waals surface area contributed by atoms with E-state index in [0.717, 1.165) is 36.7 Å². The molecule has 2 N–H and O–H groups in total. The molecule has 1 aromatic rings. The van der Waals surface area contributed by atoms with Gasteiger partial charge < -0.3 is 15.5 Å². The van der Waals surface area contributed by atoms with Crippen molar-refractivity contribution in [1.82, 2.24) is 10.2 Å². The molecule has 3 amide bonds. The molecule has 0 unspecified atom stereocenters. The van der Waals surface area contributed by atoms with Crippen molar-refractivity contribution in [3.05, 3.63) is 23.8 Å². The Hall–Kier alpha value is -1.83. The molecule has 3 rings (SSSR count). The molecular weight excluding hydrogens is 324 g/mol. The number of benzene rings is 1. The van der Waals surface area contributed by atoms with Gasteiger partial charge in [-0.3, -0.25) is 4.79 Å². The van der Waals surface area contributed by atoms with Crippen molar-refractivity contribution in [1.29, 1.82) is 0 Å². The molecule has 23 heavy (non-hydrogen) atoms. The molecule has 0 atom stereocenters. The lowest BCUT2D eigenvalue weighted by Gasteiger charge is -2.39. The van der Waals surface area contributed by atoms with Crippen LogP contribution in [0.2, 0.25) is 0 Å². The number of anilines is 1. The maximum Gasteiger partial charge on any atom is 0.321 e. The van der Waals surface area contributed by atoms with Gasteiger partial charge in [-0.1, -0.05) is 0 Å². The van der Waals surface area contributed by atoms with E-state index in [1.807, 2.05) is 0 Å². The van der Waals surface area contributed by atoms with Gasteiger partial charge in [0, 0.05) is 24.7 Å². The second-order valence-corrected chi connectivity index (χ2v) is 6.60. The molecule has 0 spiro atoms. The third kappa shape index (κ3) is 3.57. The molecule has 1 heterocycles. The number of amides is 3. The first-order valence-corrected chi connectivity index (χ1v) is 8.59. The van der Waals surface area contributed by atoms with E-state index in [1.54, 1.807) is 6.26 Å². The third-order valence-corrected chi connectivity index (χ3v) is 4.72. The Labute approximate surface area is 136 Å². The number of hydrogen-bond donors (Lipinski definition) is 2. The summed E-state index contributed by atoms with van der Waals surface area (Å²) in [6.07, 6.45) is 3.45. The maximum absolute atomic E-state index is 13.7. The summed E-state index contributed by atoms with van der Waals surface area (Å²) in [4.78, 5) is 25.0. The topological polar surface area (TPSA) is 61.4 Å². The quantitative estimate of drug-likeness (QED) is 0.827. The number of rotatable bonds is 4. The van der Waals surface area contributed by atoms with Gasteiger partial charge in [-0.25, -0.2) is 13.6 Å². The van der Waals surface area contributed by atoms with Gasteiger partial charge in [0.1, 0.15) is 11.6 Å². The van der Waals surface area contributed by atoms with Crippen molar-refractivity contribution >= 4 is 29.4 Å². The van der Waals surface area contributed by atoms with Crippen LogP contribution >= 0.6 is 11.8 Å². The summed E-state index contributed by atoms with van der Waals surface area (Å²) in [5.74, 6) is -1.22. The standard InChI is InChI=1S/C15H17F2N3O2S/c1-23-13-11(16)4-9(5-12(13)17)19-15(22)20-6-10(7-20)18-14(21)8-2-3-8/h4-5,8,10H,2-3,6-7H2,1H3,(H,18,21)(H,19,22). The first kappa shape index (κ1) is 16.0. The molecule has 124 valence electrons. The highest BCUT2D eigenvalue weighted by Crippen LogP contribution is 2.29. The van der Waals surface area contributed by atoms with Crippen LogP contribution in [0.5, 0.6) is 0 Å². The van der Waals surface area contributed by atoms with Crippen LogP contribution < -0.4 is 10.6 Å². The highest BCUT2D eigenvalue weighted by Gasteiger charge is 2.36. The summed E-state index contributed by atoms with van der Waals surface area (Å²) in [7, 11) is 0. The SMILES string of the molecule is CSc1c(F)cc(NC(=O)N2CC(NC(=O)C3CC3)C2)cc1F. The van der Waals surface area contributed by atoms with Gasteiger partial charge in [-0.2, -0.15) is 0 Å². The Balaban J connectivity index is 1.51. The lowest BCUT2D eigenvalue weighted by atomic mass is 10.1. The average molecular weight is 341 g/mol. The second-order valence-electron chi connectivity index (χ2n) is 5.79. The maximum atomic E-state index is 13.7. The van der Waals surface area contributed by atoms with Gasteiger partial charge in [-0.15, -0.1) is 11.8 Å². The predicted molar refractivity (Wildman–Crippen MR) is 83.4 cm³/mol. The fourth-order valence-corrected chi connectivity index (χ4v) is 2.94. The summed E-state index contributed by atoms with van der Waals surface area (Å²) in [6, 6.07) is 1.72. The normalized spacial score (nSPS) is 17.6. The van der Waals surface area contributed by atoms with Crippen LogP contribution in [0.1, 0.15) is 12.8 Å². The van der Waals surface area contributed by atoms with Crippen LogP contribution in [0.25, 0.3) is 0 Å². The molecule has 0 bridgehead atoms. The highest BCUT2D eigenvalue weighted by molar-refractivity contribution is 7.98. The average Bonchev–Trinajstić information content (AvgIpc) is 3.26. The van der Waals surface area contributed by atoms with Crippen LogP contribution in [-0.4, -0.2) is 42.2 Å². The van der Waals surface area contributed by atoms with E-state index in [2.05, 4.69) is 10.6 Å². The Morgan fingerprint density at radius 2 is 1.83 bits per heavy atom. The molecule has 1 saturated heterocycles. The van der Waals surface area contributed by atoms with Crippen LogP contribution in [0.3, 0.4) is 0 Å². The zero-order valence-corrected chi connectivity index (χ0v) is 13.4. The number of hydrogen-bond acceptors (Lipinski definition) is 3. The van der Waals surface area contributed by atoms with Crippen molar-refractivity contribution in [2.75, 3.05) is 24.7 Å². The number of nitrogens with zero attached hydrogens (tertiary/aromatic N) is 1. The minimum atomic E-state index is -0.703. The lowest BCUT2D eigenvalue weighted by molar-refractivity contribution is -0.123. The largest absolute Gasteiger partial charge is 0.350 e. The fraction of sp³-hybridized carbons (Fsp3) is 0.467. The molecule has 2 fully saturated rings. The number of thioether (sulfide) groups is 1. The molecular formula is C15H17F2N3O2S. The molecule has 0 radical (unpaired) electrons. The van der Waals surface area contributed by atoms with E-state index in [9.17, 15) is 18.4 Å². The number of urea groups is 1. The first-order valence-electron chi connectivity index (χ1n) is 7.37. The summed E-state index contributed by atoms with van der Waals surface area (Å²) < 4.78 is 27.3. The smallest absolute Gasteiger partial charge is 0.321 e. The first-order chi connectivity index (χ1) is 11.0. The molecule has 1 saturated carbocycles. The number of carbonyl (C=O) groups excluding carboxylic acids is 2. The highest BCUT2D eigenvalue weighted by atomic mass is 32.2. The third-order valence-electron chi connectivity index (χ3n) is 3.92. The zero-order chi connectivity index (χ0) is 16.6. The van der Waals surface area contributed by atoms with E-state index in [1.165, 1.54) is 4.90 Å². The lowest BCUT2D eigenvalue weighted by Crippen LogP contribution is -2.62. The number of halogens is 2. The number of carbonyl (C=O) groups is 2. The fourth-order valence-electron chi connectivity index (χ4n) is 2.43. The Morgan fingerprint density at radius 1 is 1.22 bits per heavy atom. The molecule has 0 aromatic heterocycles. The van der Waals surface area contributed by atoms with Crippen molar-refractivity contribution in [3.8, 4) is 0 Å². The predicted octanol–water partition coefficient (Wildman–Crippen LogP) is 2.43. The van der Waals surface area contributed by atoms with Gasteiger partial charge in [0.25, 0.3) is 0 Å². The summed E-state index contributed by atoms with van der Waals surface area (Å²) >= 11 is 0.972. The zero-order valence-electron chi connectivity index (χ0n) is 12.6. The van der Waals surface area contributed by atoms with Crippen LogP contribution in [0.15, 0.2) is 17.0 Å². The summed E-state index contributed by atoms with van der Waals surface area (Å²) in [6.45, 7) is 0.802. The molecule has 8 heteroatoms. The van der Waals surface area contributed by atoms with Crippen LogP contribution in [0, 0.1) is 17.6 Å². The summed E-state index contributed by atoms with van der Waals surface area (Å²) in [5, 5.41) is 5.35. The number of nitrogens with one attached hydrogen (secondary N) is 2. The van der Waals surface area contributed by atoms with E-state index in [-0.39, 0.29) is 28.4 Å². The molecule has 2 aliphatic rings. The molecule has 1 aromatic carbocycles. The molecule has 1 aliphatic carbocycles. The van der Waals surface area contributed by atoms with Crippen molar-refractivity contribution < 1.29 is 18.4 Å². The van der Waals surface area contributed by atoms with E-state index < -0.39 is 17.7 Å². The van der Waals surface area contributed by atoms with Gasteiger partial charge in [-0.05, 0) is 31.2 Å². The van der Waals surface area contributed by atoms with Crippen molar-refractivity contribution in [3.63, 3.8) is 0 Å².